The lowest BCUT2D eigenvalue weighted by atomic mass is 9.84. The predicted octanol–water partition coefficient (Wildman–Crippen LogP) is 19.1. The van der Waals surface area contributed by atoms with Crippen LogP contribution in [0.1, 0.15) is 0 Å². The summed E-state index contributed by atoms with van der Waals surface area (Å²) in [7, 11) is 0. The molecule has 0 saturated carbocycles. The van der Waals surface area contributed by atoms with Crippen LogP contribution >= 0.6 is 0 Å². The first-order chi connectivity index (χ1) is 34.2. The molecule has 0 heterocycles. The molecule has 0 unspecified atom stereocenters. The molecule has 0 spiro atoms. The van der Waals surface area contributed by atoms with Gasteiger partial charge in [0.1, 0.15) is 0 Å². The third-order valence-electron chi connectivity index (χ3n) is 13.4. The highest BCUT2D eigenvalue weighted by Crippen LogP contribution is 2.48. The van der Waals surface area contributed by atoms with E-state index in [2.05, 4.69) is 290 Å². The van der Waals surface area contributed by atoms with E-state index in [-0.39, 0.29) is 0 Å². The van der Waals surface area contributed by atoms with Gasteiger partial charge in [-0.15, -0.1) is 0 Å². The second-order valence-corrected chi connectivity index (χ2v) is 17.6. The van der Waals surface area contributed by atoms with Gasteiger partial charge in [-0.1, -0.05) is 237 Å². The summed E-state index contributed by atoms with van der Waals surface area (Å²) < 4.78 is 0. The number of nitrogens with zero attached hydrogens (tertiary/aromatic N) is 1. The maximum Gasteiger partial charge on any atom is 0.0540 e. The number of benzene rings is 12. The standard InChI is InChI=1S/C68H47N/c1-7-22-48(23-8-1)55-39-41-66(64(46-55)51-28-13-4-14-29-51)69(60-44-57(49-24-9-2-10-25-49)42-58(45-60)50-26-11-3-12-27-50)59-35-21-34-54(43-59)56-38-40-62-61-36-19-20-37-63(61)67(52-30-15-5-16-31-52)68(65(62)47-56)53-32-17-6-18-33-53/h1-47H. The zero-order valence-corrected chi connectivity index (χ0v) is 38.1. The topological polar surface area (TPSA) is 3.24 Å². The normalized spacial score (nSPS) is 11.2. The molecule has 324 valence electrons. The lowest BCUT2D eigenvalue weighted by Crippen LogP contribution is -2.12. The molecule has 12 rings (SSSR count). The van der Waals surface area contributed by atoms with E-state index in [1.165, 1.54) is 66.1 Å². The van der Waals surface area contributed by atoms with E-state index in [1.807, 2.05) is 0 Å². The lowest BCUT2D eigenvalue weighted by Gasteiger charge is -2.30. The Hall–Kier alpha value is -9.04. The number of fused-ring (bicyclic) bond motifs is 3. The van der Waals surface area contributed by atoms with Crippen molar-refractivity contribution >= 4 is 38.6 Å². The molecule has 12 aromatic carbocycles. The van der Waals surface area contributed by atoms with Crippen molar-refractivity contribution in [3.05, 3.63) is 285 Å². The van der Waals surface area contributed by atoms with Crippen molar-refractivity contribution in [2.24, 2.45) is 0 Å². The van der Waals surface area contributed by atoms with E-state index >= 15 is 0 Å². The van der Waals surface area contributed by atoms with Gasteiger partial charge in [-0.2, -0.15) is 0 Å². The minimum atomic E-state index is 1.06. The van der Waals surface area contributed by atoms with E-state index in [4.69, 9.17) is 0 Å². The van der Waals surface area contributed by atoms with Crippen LogP contribution in [0.5, 0.6) is 0 Å². The number of hydrogen-bond donors (Lipinski definition) is 0. The summed E-state index contributed by atoms with van der Waals surface area (Å²) in [6.07, 6.45) is 0. The van der Waals surface area contributed by atoms with Crippen LogP contribution in [-0.2, 0) is 0 Å². The first-order valence-electron chi connectivity index (χ1n) is 23.7. The minimum absolute atomic E-state index is 1.06. The molecule has 0 radical (unpaired) electrons. The molecule has 1 nitrogen and oxygen atoms in total. The number of anilines is 3. The van der Waals surface area contributed by atoms with E-state index in [0.717, 1.165) is 50.4 Å². The largest absolute Gasteiger partial charge is 0.310 e. The van der Waals surface area contributed by atoms with Gasteiger partial charge < -0.3 is 4.90 Å². The Morgan fingerprint density at radius 3 is 1.14 bits per heavy atom. The third-order valence-corrected chi connectivity index (χ3v) is 13.4. The van der Waals surface area contributed by atoms with Crippen LogP contribution in [0.2, 0.25) is 0 Å². The zero-order valence-electron chi connectivity index (χ0n) is 38.1. The van der Waals surface area contributed by atoms with Gasteiger partial charge in [-0.25, -0.2) is 0 Å². The Bertz CT molecular complexity index is 3680. The van der Waals surface area contributed by atoms with Gasteiger partial charge in [0.2, 0.25) is 0 Å². The van der Waals surface area contributed by atoms with Crippen molar-refractivity contribution in [1.82, 2.24) is 0 Å². The van der Waals surface area contributed by atoms with E-state index in [1.54, 1.807) is 0 Å². The predicted molar refractivity (Wildman–Crippen MR) is 294 cm³/mol. The Morgan fingerprint density at radius 1 is 0.188 bits per heavy atom. The van der Waals surface area contributed by atoms with Crippen molar-refractivity contribution in [3.63, 3.8) is 0 Å². The SMILES string of the molecule is c1ccc(-c2cc(-c3ccccc3)cc(N(c3cccc(-c4ccc5c(c4)c(-c4ccccc4)c(-c4ccccc4)c4ccccc45)c3)c3ccc(-c4ccccc4)cc3-c3ccccc3)c2)cc1. The van der Waals surface area contributed by atoms with Crippen LogP contribution in [0.3, 0.4) is 0 Å². The first kappa shape index (κ1) is 41.4. The average molecular weight is 878 g/mol. The third kappa shape index (κ3) is 8.07. The molecule has 0 bridgehead atoms. The highest BCUT2D eigenvalue weighted by molar-refractivity contribution is 6.22. The van der Waals surface area contributed by atoms with Crippen molar-refractivity contribution < 1.29 is 0 Å². The van der Waals surface area contributed by atoms with Crippen molar-refractivity contribution in [2.45, 2.75) is 0 Å². The fourth-order valence-corrected chi connectivity index (χ4v) is 10.2. The summed E-state index contributed by atoms with van der Waals surface area (Å²) >= 11 is 0. The molecule has 0 N–H and O–H groups in total. The van der Waals surface area contributed by atoms with Crippen molar-refractivity contribution in [1.29, 1.82) is 0 Å². The summed E-state index contributed by atoms with van der Waals surface area (Å²) in [6.45, 7) is 0. The lowest BCUT2D eigenvalue weighted by molar-refractivity contribution is 1.28. The van der Waals surface area contributed by atoms with Crippen LogP contribution < -0.4 is 4.90 Å². The van der Waals surface area contributed by atoms with Gasteiger partial charge in [-0.05, 0) is 142 Å². The molecule has 0 atom stereocenters. The van der Waals surface area contributed by atoms with E-state index < -0.39 is 0 Å². The van der Waals surface area contributed by atoms with Gasteiger partial charge in [0, 0.05) is 16.9 Å². The van der Waals surface area contributed by atoms with Gasteiger partial charge in [0.25, 0.3) is 0 Å². The van der Waals surface area contributed by atoms with E-state index in [0.29, 0.717) is 0 Å². The van der Waals surface area contributed by atoms with Gasteiger partial charge >= 0.3 is 0 Å². The van der Waals surface area contributed by atoms with Crippen LogP contribution in [0.15, 0.2) is 285 Å². The summed E-state index contributed by atoms with van der Waals surface area (Å²) in [4.78, 5) is 2.47. The molecule has 0 aliphatic rings. The fourth-order valence-electron chi connectivity index (χ4n) is 10.2. The molecular formula is C68H47N. The van der Waals surface area contributed by atoms with Crippen LogP contribution in [0.4, 0.5) is 17.1 Å². The second kappa shape index (κ2) is 18.3. The molecule has 0 aromatic heterocycles. The molecule has 1 heteroatoms. The molecule has 0 aliphatic heterocycles. The quantitative estimate of drug-likeness (QED) is 0.124. The van der Waals surface area contributed by atoms with Gasteiger partial charge in [0.15, 0.2) is 0 Å². The van der Waals surface area contributed by atoms with Crippen molar-refractivity contribution in [3.8, 4) is 77.9 Å². The highest BCUT2D eigenvalue weighted by Gasteiger charge is 2.22. The van der Waals surface area contributed by atoms with Gasteiger partial charge in [0.05, 0.1) is 5.69 Å². The number of hydrogen-bond acceptors (Lipinski definition) is 1. The summed E-state index contributed by atoms with van der Waals surface area (Å²) in [5.41, 5.74) is 19.7. The van der Waals surface area contributed by atoms with Crippen molar-refractivity contribution in [2.75, 3.05) is 4.90 Å². The first-order valence-corrected chi connectivity index (χ1v) is 23.7. The fraction of sp³-hybridized carbons (Fsp3) is 0. The summed E-state index contributed by atoms with van der Waals surface area (Å²) in [5.74, 6) is 0. The number of rotatable bonds is 10. The maximum atomic E-state index is 2.47. The van der Waals surface area contributed by atoms with Gasteiger partial charge in [-0.3, -0.25) is 0 Å². The minimum Gasteiger partial charge on any atom is -0.310 e. The molecule has 0 fully saturated rings. The Labute approximate surface area is 404 Å². The molecule has 0 aliphatic carbocycles. The monoisotopic (exact) mass is 877 g/mol. The summed E-state index contributed by atoms with van der Waals surface area (Å²) in [5, 5.41) is 4.96. The molecule has 0 saturated heterocycles. The smallest absolute Gasteiger partial charge is 0.0540 e. The molecule has 0 amide bonds. The molecule has 12 aromatic rings. The Morgan fingerprint density at radius 2 is 0.580 bits per heavy atom. The van der Waals surface area contributed by atoms with E-state index in [9.17, 15) is 0 Å². The Kier molecular flexibility index (Phi) is 11.0. The highest BCUT2D eigenvalue weighted by atomic mass is 15.1. The molecule has 69 heavy (non-hydrogen) atoms. The van der Waals surface area contributed by atoms with Crippen LogP contribution in [0.25, 0.3) is 99.4 Å². The van der Waals surface area contributed by atoms with Crippen LogP contribution in [0, 0.1) is 0 Å². The Balaban J connectivity index is 1.11. The van der Waals surface area contributed by atoms with Crippen LogP contribution in [-0.4, -0.2) is 0 Å². The second-order valence-electron chi connectivity index (χ2n) is 17.6. The molecular weight excluding hydrogens is 831 g/mol. The zero-order chi connectivity index (χ0) is 45.9. The summed E-state index contributed by atoms with van der Waals surface area (Å²) in [6, 6.07) is 104. The average Bonchev–Trinajstić information content (AvgIpc) is 3.44. The maximum absolute atomic E-state index is 2.47.